The first-order valence-corrected chi connectivity index (χ1v) is 10.6. The van der Waals surface area contributed by atoms with Crippen LogP contribution in [0.5, 0.6) is 5.75 Å². The van der Waals surface area contributed by atoms with Crippen molar-refractivity contribution in [1.29, 1.82) is 5.26 Å². The van der Waals surface area contributed by atoms with Gasteiger partial charge in [-0.1, -0.05) is 50.7 Å². The van der Waals surface area contributed by atoms with Gasteiger partial charge in [0.05, 0.1) is 0 Å². The number of halogens is 2. The van der Waals surface area contributed by atoms with Crippen LogP contribution in [-0.2, 0) is 4.79 Å². The normalized spacial score (nSPS) is 19.0. The van der Waals surface area contributed by atoms with Gasteiger partial charge in [-0.15, -0.1) is 0 Å². The number of rotatable bonds is 6. The Balaban J connectivity index is 1.81. The molecule has 0 heterocycles. The van der Waals surface area contributed by atoms with Crippen LogP contribution in [0.25, 0.3) is 6.08 Å². The molecule has 156 valence electrons. The van der Waals surface area contributed by atoms with E-state index in [0.29, 0.717) is 5.56 Å². The van der Waals surface area contributed by atoms with Crippen molar-refractivity contribution in [3.05, 3.63) is 35.4 Å². The van der Waals surface area contributed by atoms with Crippen molar-refractivity contribution in [2.24, 2.45) is 0 Å². The molecule has 29 heavy (non-hydrogen) atoms. The third-order valence-corrected chi connectivity index (χ3v) is 5.94. The molecule has 2 saturated carbocycles. The molecule has 2 aliphatic rings. The van der Waals surface area contributed by atoms with E-state index in [1.807, 2.05) is 4.90 Å². The number of alkyl halides is 2. The van der Waals surface area contributed by atoms with Gasteiger partial charge in [0.2, 0.25) is 0 Å². The van der Waals surface area contributed by atoms with Gasteiger partial charge in [0.15, 0.2) is 0 Å². The van der Waals surface area contributed by atoms with Crippen LogP contribution in [0.2, 0.25) is 0 Å². The van der Waals surface area contributed by atoms with Crippen molar-refractivity contribution in [2.45, 2.75) is 82.9 Å². The molecule has 1 aromatic rings. The summed E-state index contributed by atoms with van der Waals surface area (Å²) in [6.45, 7) is -2.88. The fraction of sp³-hybridized carbons (Fsp3) is 0.565. The zero-order valence-corrected chi connectivity index (χ0v) is 16.7. The topological polar surface area (TPSA) is 53.3 Å². The number of nitriles is 1. The lowest BCUT2D eigenvalue weighted by Crippen LogP contribution is -2.49. The van der Waals surface area contributed by atoms with Gasteiger partial charge in [0.25, 0.3) is 5.91 Å². The predicted molar refractivity (Wildman–Crippen MR) is 107 cm³/mol. The summed E-state index contributed by atoms with van der Waals surface area (Å²) in [6, 6.07) is 8.47. The Bertz CT molecular complexity index is 725. The first-order chi connectivity index (χ1) is 14.1. The smallest absolute Gasteiger partial charge is 0.387 e. The molecule has 0 aromatic heterocycles. The highest BCUT2D eigenvalue weighted by molar-refractivity contribution is 6.02. The maximum Gasteiger partial charge on any atom is 0.387 e. The number of hydrogen-bond acceptors (Lipinski definition) is 3. The van der Waals surface area contributed by atoms with Crippen molar-refractivity contribution in [1.82, 2.24) is 4.90 Å². The quantitative estimate of drug-likeness (QED) is 0.454. The lowest BCUT2D eigenvalue weighted by atomic mass is 9.88. The van der Waals surface area contributed by atoms with Crippen LogP contribution >= 0.6 is 0 Å². The first-order valence-electron chi connectivity index (χ1n) is 10.6. The van der Waals surface area contributed by atoms with E-state index in [2.05, 4.69) is 10.8 Å². The average molecular weight is 402 g/mol. The first kappa shape index (κ1) is 21.3. The van der Waals surface area contributed by atoms with Crippen LogP contribution < -0.4 is 4.74 Å². The Labute approximate surface area is 171 Å². The van der Waals surface area contributed by atoms with E-state index < -0.39 is 6.61 Å². The summed E-state index contributed by atoms with van der Waals surface area (Å²) >= 11 is 0. The predicted octanol–water partition coefficient (Wildman–Crippen LogP) is 5.69. The van der Waals surface area contributed by atoms with Crippen molar-refractivity contribution in [3.8, 4) is 11.8 Å². The van der Waals surface area contributed by atoms with Gasteiger partial charge in [-0.2, -0.15) is 14.0 Å². The minimum atomic E-state index is -2.88. The van der Waals surface area contributed by atoms with E-state index in [9.17, 15) is 18.8 Å². The Hall–Kier alpha value is -2.42. The third-order valence-electron chi connectivity index (χ3n) is 5.94. The molecule has 1 aromatic carbocycles. The molecule has 2 aliphatic carbocycles. The summed E-state index contributed by atoms with van der Waals surface area (Å²) in [5.41, 5.74) is 0.715. The highest BCUT2D eigenvalue weighted by Gasteiger charge is 2.33. The fourth-order valence-electron chi connectivity index (χ4n) is 4.54. The fourth-order valence-corrected chi connectivity index (χ4v) is 4.54. The number of benzene rings is 1. The average Bonchev–Trinajstić information content (AvgIpc) is 2.74. The van der Waals surface area contributed by atoms with Gasteiger partial charge in [0, 0.05) is 12.1 Å². The summed E-state index contributed by atoms with van der Waals surface area (Å²) in [4.78, 5) is 15.4. The number of carbonyl (C=O) groups excluding carboxylic acids is 1. The zero-order valence-electron chi connectivity index (χ0n) is 16.7. The Morgan fingerprint density at radius 1 is 1.00 bits per heavy atom. The van der Waals surface area contributed by atoms with Crippen molar-refractivity contribution in [3.63, 3.8) is 0 Å². The van der Waals surface area contributed by atoms with Crippen LogP contribution in [0.4, 0.5) is 8.78 Å². The summed E-state index contributed by atoms with van der Waals surface area (Å²) in [7, 11) is 0. The maximum atomic E-state index is 13.4. The van der Waals surface area contributed by atoms with Gasteiger partial charge in [-0.25, -0.2) is 0 Å². The second-order valence-electron chi connectivity index (χ2n) is 7.91. The maximum absolute atomic E-state index is 13.4. The molecule has 0 radical (unpaired) electrons. The van der Waals surface area contributed by atoms with Crippen LogP contribution in [0.1, 0.15) is 69.8 Å². The van der Waals surface area contributed by atoms with Crippen LogP contribution in [0.3, 0.4) is 0 Å². The Morgan fingerprint density at radius 2 is 1.52 bits per heavy atom. The second kappa shape index (κ2) is 10.4. The zero-order chi connectivity index (χ0) is 20.6. The highest BCUT2D eigenvalue weighted by Crippen LogP contribution is 2.31. The van der Waals surface area contributed by atoms with E-state index in [0.717, 1.165) is 51.4 Å². The number of amides is 1. The summed E-state index contributed by atoms with van der Waals surface area (Å²) in [6.07, 6.45) is 12.5. The lowest BCUT2D eigenvalue weighted by molar-refractivity contribution is -0.133. The van der Waals surface area contributed by atoms with Crippen molar-refractivity contribution < 1.29 is 18.3 Å². The van der Waals surface area contributed by atoms with E-state index in [1.54, 1.807) is 18.2 Å². The van der Waals surface area contributed by atoms with Crippen LogP contribution in [-0.4, -0.2) is 29.5 Å². The molecule has 0 N–H and O–H groups in total. The molecule has 0 atom stereocenters. The SMILES string of the molecule is N#C/C(=C/c1ccc(OC(F)F)cc1)C(=O)N(C1CCCCC1)C1CCCCC1. The number of hydrogen-bond donors (Lipinski definition) is 0. The third kappa shape index (κ3) is 5.79. The van der Waals surface area contributed by atoms with Crippen molar-refractivity contribution >= 4 is 12.0 Å². The van der Waals surface area contributed by atoms with Gasteiger partial charge in [0.1, 0.15) is 17.4 Å². The monoisotopic (exact) mass is 402 g/mol. The largest absolute Gasteiger partial charge is 0.435 e. The van der Waals surface area contributed by atoms with Gasteiger partial charge in [-0.05, 0) is 49.5 Å². The van der Waals surface area contributed by atoms with Crippen LogP contribution in [0, 0.1) is 11.3 Å². The molecule has 1 amide bonds. The summed E-state index contributed by atoms with van der Waals surface area (Å²) in [5.74, 6) is -0.146. The molecule has 4 nitrogen and oxygen atoms in total. The molecule has 0 aliphatic heterocycles. The molecular weight excluding hydrogens is 374 g/mol. The number of nitrogens with zero attached hydrogens (tertiary/aromatic N) is 2. The summed E-state index contributed by atoms with van der Waals surface area (Å²) < 4.78 is 29.0. The molecular formula is C23H28F2N2O2. The molecule has 0 unspecified atom stereocenters. The molecule has 0 spiro atoms. The van der Waals surface area contributed by atoms with Gasteiger partial charge >= 0.3 is 6.61 Å². The summed E-state index contributed by atoms with van der Waals surface area (Å²) in [5, 5.41) is 9.69. The van der Waals surface area contributed by atoms with Gasteiger partial charge in [-0.3, -0.25) is 4.79 Å². The van der Waals surface area contributed by atoms with E-state index in [4.69, 9.17) is 0 Å². The van der Waals surface area contributed by atoms with Crippen LogP contribution in [0.15, 0.2) is 29.8 Å². The molecule has 2 fully saturated rings. The number of ether oxygens (including phenoxy) is 1. The van der Waals surface area contributed by atoms with E-state index in [-0.39, 0.29) is 29.3 Å². The second-order valence-corrected chi connectivity index (χ2v) is 7.91. The van der Waals surface area contributed by atoms with Crippen molar-refractivity contribution in [2.75, 3.05) is 0 Å². The highest BCUT2D eigenvalue weighted by atomic mass is 19.3. The van der Waals surface area contributed by atoms with E-state index in [1.165, 1.54) is 25.0 Å². The van der Waals surface area contributed by atoms with Gasteiger partial charge < -0.3 is 9.64 Å². The Kier molecular flexibility index (Phi) is 7.62. The van der Waals surface area contributed by atoms with E-state index >= 15 is 0 Å². The molecule has 6 heteroatoms. The number of carbonyl (C=O) groups is 1. The molecule has 3 rings (SSSR count). The Morgan fingerprint density at radius 3 is 1.97 bits per heavy atom. The lowest BCUT2D eigenvalue weighted by Gasteiger charge is -2.41. The standard InChI is InChI=1S/C23H28F2N2O2/c24-23(25)29-21-13-11-17(12-14-21)15-18(16-26)22(28)27(19-7-3-1-4-8-19)20-9-5-2-6-10-20/h11-15,19-20,23H,1-10H2/b18-15-. The minimum Gasteiger partial charge on any atom is -0.435 e. The molecule has 0 saturated heterocycles. The minimum absolute atomic E-state index is 0.0491. The molecule has 0 bridgehead atoms.